The van der Waals surface area contributed by atoms with Crippen molar-refractivity contribution in [3.8, 4) is 0 Å². The third-order valence-corrected chi connectivity index (χ3v) is 7.78. The van der Waals surface area contributed by atoms with Gasteiger partial charge in [-0.1, -0.05) is 21.6 Å². The van der Waals surface area contributed by atoms with E-state index in [4.69, 9.17) is 23.7 Å². The van der Waals surface area contributed by atoms with Crippen LogP contribution in [0.1, 0.15) is 0 Å². The van der Waals surface area contributed by atoms with E-state index < -0.39 is 6.10 Å². The Morgan fingerprint density at radius 2 is 1.38 bits per heavy atom. The summed E-state index contributed by atoms with van der Waals surface area (Å²) >= 11 is 0. The highest BCUT2D eigenvalue weighted by molar-refractivity contribution is 8.77. The van der Waals surface area contributed by atoms with Crippen LogP contribution < -0.4 is 0 Å². The zero-order valence-electron chi connectivity index (χ0n) is 11.8. The molecule has 4 aliphatic heterocycles. The van der Waals surface area contributed by atoms with E-state index in [1.54, 1.807) is 28.7 Å². The largest absolute Gasteiger partial charge is 0.388 e. The number of fused-ring (bicyclic) bond motifs is 2. The highest BCUT2D eigenvalue weighted by Gasteiger charge is 2.50. The maximum Gasteiger partial charge on any atom is 0.113 e. The minimum atomic E-state index is -0.481. The van der Waals surface area contributed by atoms with Crippen molar-refractivity contribution in [2.75, 3.05) is 33.5 Å². The lowest BCUT2D eigenvalue weighted by atomic mass is 10.1. The highest BCUT2D eigenvalue weighted by atomic mass is 33.1. The molecule has 1 N–H and O–H groups in total. The predicted octanol–water partition coefficient (Wildman–Crippen LogP) is 0.0761. The first-order valence-electron chi connectivity index (χ1n) is 7.27. The molecule has 4 saturated heterocycles. The smallest absolute Gasteiger partial charge is 0.113 e. The second kappa shape index (κ2) is 6.16. The monoisotopic (exact) mass is 336 g/mol. The summed E-state index contributed by atoms with van der Waals surface area (Å²) < 4.78 is 28.3. The van der Waals surface area contributed by atoms with E-state index in [0.717, 1.165) is 0 Å². The summed E-state index contributed by atoms with van der Waals surface area (Å²) in [6.45, 7) is 2.32. The first kappa shape index (κ1) is 15.0. The van der Waals surface area contributed by atoms with Crippen LogP contribution in [0.4, 0.5) is 0 Å². The Hall–Kier alpha value is 0.460. The molecular weight excluding hydrogens is 316 g/mol. The van der Waals surface area contributed by atoms with Crippen LogP contribution in [0.3, 0.4) is 0 Å². The number of rotatable bonds is 4. The SMILES string of the molecule is COC1CO[C@@H]2C(SSC3CO[C@@H]4C(O)CO[C@H]34)CO[C@H]12. The van der Waals surface area contributed by atoms with Crippen molar-refractivity contribution in [1.29, 1.82) is 0 Å². The summed E-state index contributed by atoms with van der Waals surface area (Å²) in [5.41, 5.74) is 0. The number of methoxy groups -OCH3 is 1. The highest BCUT2D eigenvalue weighted by Crippen LogP contribution is 2.45. The van der Waals surface area contributed by atoms with Crippen LogP contribution in [-0.2, 0) is 23.7 Å². The Balaban J connectivity index is 1.30. The topological polar surface area (TPSA) is 66.4 Å². The maximum atomic E-state index is 9.76. The number of aliphatic hydroxyl groups excluding tert-OH is 1. The number of aliphatic hydroxyl groups is 1. The standard InChI is InChI=1S/C13H20O6S2/c1-15-7-3-17-13-9(5-19-11(7)13)21-20-8-4-18-10-6(14)2-16-12(8)10/h6-14H,2-5H2,1H3/t6?,7?,8?,9?,10-,11-,12-,13-/m1/s1. The predicted molar refractivity (Wildman–Crippen MR) is 78.5 cm³/mol. The minimum absolute atomic E-state index is 0.00633. The van der Waals surface area contributed by atoms with Crippen LogP contribution in [0, 0.1) is 0 Å². The van der Waals surface area contributed by atoms with E-state index in [-0.39, 0.29) is 35.8 Å². The molecule has 4 rings (SSSR count). The molecule has 0 aromatic carbocycles. The average Bonchev–Trinajstić information content (AvgIpc) is 3.20. The Morgan fingerprint density at radius 1 is 0.810 bits per heavy atom. The number of ether oxygens (including phenoxy) is 5. The molecule has 0 amide bonds. The van der Waals surface area contributed by atoms with Crippen LogP contribution in [-0.4, -0.2) is 85.8 Å². The molecule has 120 valence electrons. The minimum Gasteiger partial charge on any atom is -0.388 e. The molecule has 4 aliphatic rings. The van der Waals surface area contributed by atoms with Crippen molar-refractivity contribution in [1.82, 2.24) is 0 Å². The molecule has 0 aromatic rings. The fourth-order valence-corrected chi connectivity index (χ4v) is 6.47. The Labute approximate surface area is 131 Å². The van der Waals surface area contributed by atoms with Gasteiger partial charge in [0.05, 0.1) is 36.9 Å². The van der Waals surface area contributed by atoms with Gasteiger partial charge in [0.15, 0.2) is 0 Å². The zero-order valence-corrected chi connectivity index (χ0v) is 13.4. The quantitative estimate of drug-likeness (QED) is 0.724. The molecule has 4 fully saturated rings. The summed E-state index contributed by atoms with van der Waals surface area (Å²) in [7, 11) is 5.26. The molecular formula is C13H20O6S2. The molecule has 0 saturated carbocycles. The maximum absolute atomic E-state index is 9.76. The van der Waals surface area contributed by atoms with E-state index in [1.165, 1.54) is 0 Å². The van der Waals surface area contributed by atoms with E-state index in [1.807, 2.05) is 0 Å². The third kappa shape index (κ3) is 2.63. The van der Waals surface area contributed by atoms with Gasteiger partial charge < -0.3 is 28.8 Å². The normalized spacial score (nSPS) is 52.3. The molecule has 6 nitrogen and oxygen atoms in total. The average molecular weight is 336 g/mol. The molecule has 4 unspecified atom stereocenters. The molecule has 0 bridgehead atoms. The van der Waals surface area contributed by atoms with Crippen molar-refractivity contribution in [3.63, 3.8) is 0 Å². The number of hydrogen-bond donors (Lipinski definition) is 1. The fourth-order valence-electron chi connectivity index (χ4n) is 3.38. The van der Waals surface area contributed by atoms with Crippen LogP contribution >= 0.6 is 21.6 Å². The molecule has 8 atom stereocenters. The lowest BCUT2D eigenvalue weighted by molar-refractivity contribution is -0.00710. The summed E-state index contributed by atoms with van der Waals surface area (Å²) in [5.74, 6) is 0. The first-order chi connectivity index (χ1) is 10.3. The van der Waals surface area contributed by atoms with Crippen LogP contribution in [0.2, 0.25) is 0 Å². The van der Waals surface area contributed by atoms with Gasteiger partial charge in [0.1, 0.15) is 36.6 Å². The molecule has 0 radical (unpaired) electrons. The summed E-state index contributed by atoms with van der Waals surface area (Å²) in [4.78, 5) is 0. The van der Waals surface area contributed by atoms with Crippen molar-refractivity contribution in [2.24, 2.45) is 0 Å². The molecule has 0 aromatic heterocycles. The summed E-state index contributed by atoms with van der Waals surface area (Å²) in [5, 5.41) is 10.3. The fraction of sp³-hybridized carbons (Fsp3) is 1.00. The van der Waals surface area contributed by atoms with Gasteiger partial charge in [0, 0.05) is 7.11 Å². The van der Waals surface area contributed by atoms with Gasteiger partial charge in [-0.3, -0.25) is 0 Å². The van der Waals surface area contributed by atoms with Crippen molar-refractivity contribution in [3.05, 3.63) is 0 Å². The second-order valence-electron chi connectivity index (χ2n) is 5.80. The first-order valence-corrected chi connectivity index (χ1v) is 9.55. The van der Waals surface area contributed by atoms with Crippen LogP contribution in [0.15, 0.2) is 0 Å². The third-order valence-electron chi connectivity index (χ3n) is 4.55. The van der Waals surface area contributed by atoms with Gasteiger partial charge in [-0.2, -0.15) is 0 Å². The Morgan fingerprint density at radius 3 is 2.10 bits per heavy atom. The summed E-state index contributed by atoms with van der Waals surface area (Å²) in [6.07, 6.45) is -0.405. The van der Waals surface area contributed by atoms with Crippen molar-refractivity contribution in [2.45, 2.75) is 47.1 Å². The van der Waals surface area contributed by atoms with Gasteiger partial charge >= 0.3 is 0 Å². The molecule has 8 heteroatoms. The Bertz CT molecular complexity index is 386. The second-order valence-corrected chi connectivity index (χ2v) is 8.55. The van der Waals surface area contributed by atoms with E-state index in [0.29, 0.717) is 31.7 Å². The molecule has 21 heavy (non-hydrogen) atoms. The Kier molecular flexibility index (Phi) is 4.41. The van der Waals surface area contributed by atoms with E-state index in [9.17, 15) is 5.11 Å². The van der Waals surface area contributed by atoms with Crippen LogP contribution in [0.25, 0.3) is 0 Å². The van der Waals surface area contributed by atoms with E-state index in [2.05, 4.69) is 0 Å². The number of hydrogen-bond acceptors (Lipinski definition) is 8. The van der Waals surface area contributed by atoms with Gasteiger partial charge in [-0.05, 0) is 0 Å². The van der Waals surface area contributed by atoms with Crippen LogP contribution in [0.5, 0.6) is 0 Å². The molecule has 0 spiro atoms. The van der Waals surface area contributed by atoms with Gasteiger partial charge in [0.25, 0.3) is 0 Å². The summed E-state index contributed by atoms with van der Waals surface area (Å²) in [6, 6.07) is 0. The molecule has 0 aliphatic carbocycles. The van der Waals surface area contributed by atoms with Gasteiger partial charge in [-0.15, -0.1) is 0 Å². The molecule has 4 heterocycles. The van der Waals surface area contributed by atoms with Gasteiger partial charge in [0.2, 0.25) is 0 Å². The van der Waals surface area contributed by atoms with Crippen molar-refractivity contribution < 1.29 is 28.8 Å². The van der Waals surface area contributed by atoms with E-state index >= 15 is 0 Å². The van der Waals surface area contributed by atoms with Crippen molar-refractivity contribution >= 4 is 21.6 Å². The van der Waals surface area contributed by atoms with Gasteiger partial charge in [-0.25, -0.2) is 0 Å². The lowest BCUT2D eigenvalue weighted by Crippen LogP contribution is -2.31. The lowest BCUT2D eigenvalue weighted by Gasteiger charge is -2.19. The zero-order chi connectivity index (χ0) is 14.4.